The van der Waals surface area contributed by atoms with Crippen LogP contribution in [-0.2, 0) is 22.2 Å². The lowest BCUT2D eigenvalue weighted by Crippen LogP contribution is -2.53. The quantitative estimate of drug-likeness (QED) is 0.389. The van der Waals surface area contributed by atoms with Crippen LogP contribution >= 0.6 is 0 Å². The van der Waals surface area contributed by atoms with Crippen LogP contribution in [-0.4, -0.2) is 41.4 Å². The van der Waals surface area contributed by atoms with Crippen molar-refractivity contribution in [3.05, 3.63) is 70.5 Å². The molecule has 0 radical (unpaired) electrons. The Morgan fingerprint density at radius 1 is 1.00 bits per heavy atom. The summed E-state index contributed by atoms with van der Waals surface area (Å²) in [6.07, 6.45) is 3.35. The number of carbonyl (C=O) groups is 1. The molecular formula is C28H37F3N2O3. The molecule has 1 aliphatic rings. The number of amides is 1. The van der Waals surface area contributed by atoms with Crippen LogP contribution in [0, 0.1) is 17.5 Å². The highest BCUT2D eigenvalue weighted by Gasteiger charge is 2.36. The summed E-state index contributed by atoms with van der Waals surface area (Å²) in [5.41, 5.74) is 0.556. The number of hydrogen-bond acceptors (Lipinski definition) is 4. The molecule has 5 nitrogen and oxygen atoms in total. The van der Waals surface area contributed by atoms with E-state index in [0.29, 0.717) is 11.1 Å². The summed E-state index contributed by atoms with van der Waals surface area (Å²) in [6, 6.07) is 7.21. The van der Waals surface area contributed by atoms with E-state index in [4.69, 9.17) is 0 Å². The van der Waals surface area contributed by atoms with Crippen LogP contribution in [0.15, 0.2) is 36.4 Å². The van der Waals surface area contributed by atoms with Gasteiger partial charge in [-0.25, -0.2) is 13.2 Å². The van der Waals surface area contributed by atoms with Gasteiger partial charge in [0.1, 0.15) is 17.5 Å². The monoisotopic (exact) mass is 506 g/mol. The van der Waals surface area contributed by atoms with Crippen molar-refractivity contribution in [2.45, 2.75) is 82.4 Å². The number of nitrogens with one attached hydrogen (secondary N) is 2. The Bertz CT molecular complexity index is 1030. The SMILES string of the molecule is CC(=O)NC(Cc1cc(F)cc(F)c1)C(O)CNC1(c2cc(F)cc(C(C)(C)CO)c2)CCCCC1. The molecule has 0 aromatic heterocycles. The van der Waals surface area contributed by atoms with Gasteiger partial charge in [-0.1, -0.05) is 39.2 Å². The summed E-state index contributed by atoms with van der Waals surface area (Å²) >= 11 is 0. The van der Waals surface area contributed by atoms with Gasteiger partial charge in [-0.05, 0) is 60.2 Å². The molecule has 0 saturated heterocycles. The molecule has 2 unspecified atom stereocenters. The number of hydrogen-bond donors (Lipinski definition) is 4. The fourth-order valence-electron chi connectivity index (χ4n) is 5.04. The summed E-state index contributed by atoms with van der Waals surface area (Å²) < 4.78 is 42.1. The van der Waals surface area contributed by atoms with Gasteiger partial charge in [-0.3, -0.25) is 4.79 Å². The summed E-state index contributed by atoms with van der Waals surface area (Å²) in [4.78, 5) is 11.8. The molecule has 1 saturated carbocycles. The van der Waals surface area contributed by atoms with E-state index in [1.807, 2.05) is 19.9 Å². The van der Waals surface area contributed by atoms with Crippen molar-refractivity contribution in [2.75, 3.05) is 13.2 Å². The molecule has 1 fully saturated rings. The first-order chi connectivity index (χ1) is 16.9. The van der Waals surface area contributed by atoms with Crippen LogP contribution in [0.1, 0.15) is 69.6 Å². The summed E-state index contributed by atoms with van der Waals surface area (Å²) in [7, 11) is 0. The van der Waals surface area contributed by atoms with Gasteiger partial charge in [-0.2, -0.15) is 0 Å². The number of benzene rings is 2. The highest BCUT2D eigenvalue weighted by Crippen LogP contribution is 2.39. The first kappa shape index (κ1) is 28.2. The summed E-state index contributed by atoms with van der Waals surface area (Å²) in [5.74, 6) is -2.22. The van der Waals surface area contributed by atoms with E-state index in [-0.39, 0.29) is 31.3 Å². The molecule has 198 valence electrons. The third-order valence-electron chi connectivity index (χ3n) is 7.21. The van der Waals surface area contributed by atoms with Crippen LogP contribution in [0.3, 0.4) is 0 Å². The Hall–Kier alpha value is -2.42. The van der Waals surface area contributed by atoms with E-state index < -0.39 is 34.7 Å². The van der Waals surface area contributed by atoms with Crippen LogP contribution in [0.2, 0.25) is 0 Å². The standard InChI is InChI=1S/C28H37F3N2O3/c1-18(35)33-25(11-19-9-22(29)15-23(30)10-19)26(36)16-32-28(7-5-4-6-8-28)21-12-20(13-24(31)14-21)27(2,3)17-34/h9-10,12-15,25-26,32,34,36H,4-8,11,16-17H2,1-3H3,(H,33,35). The Kier molecular flexibility index (Phi) is 9.19. The third-order valence-corrected chi connectivity index (χ3v) is 7.21. The van der Waals surface area contributed by atoms with Gasteiger partial charge in [0, 0.05) is 30.5 Å². The number of aliphatic hydroxyl groups is 2. The zero-order valence-corrected chi connectivity index (χ0v) is 21.2. The van der Waals surface area contributed by atoms with Gasteiger partial charge in [-0.15, -0.1) is 0 Å². The molecular weight excluding hydrogens is 469 g/mol. The second-order valence-electron chi connectivity index (χ2n) is 10.7. The maximum Gasteiger partial charge on any atom is 0.217 e. The Labute approximate surface area is 211 Å². The van der Waals surface area contributed by atoms with Crippen LogP contribution in [0.5, 0.6) is 0 Å². The summed E-state index contributed by atoms with van der Waals surface area (Å²) in [5, 5.41) is 27.0. The van der Waals surface area contributed by atoms with Gasteiger partial charge < -0.3 is 20.8 Å². The lowest BCUT2D eigenvalue weighted by atomic mass is 9.74. The Balaban J connectivity index is 1.85. The molecule has 0 aliphatic heterocycles. The summed E-state index contributed by atoms with van der Waals surface area (Å²) in [6.45, 7) is 4.97. The zero-order valence-electron chi connectivity index (χ0n) is 21.2. The lowest BCUT2D eigenvalue weighted by Gasteiger charge is -2.41. The second kappa shape index (κ2) is 11.8. The molecule has 8 heteroatoms. The maximum atomic E-state index is 14.7. The van der Waals surface area contributed by atoms with Crippen molar-refractivity contribution in [3.8, 4) is 0 Å². The molecule has 3 rings (SSSR count). The predicted molar refractivity (Wildman–Crippen MR) is 133 cm³/mol. The molecule has 2 atom stereocenters. The number of halogens is 3. The fourth-order valence-corrected chi connectivity index (χ4v) is 5.04. The normalized spacial score (nSPS) is 17.4. The first-order valence-corrected chi connectivity index (χ1v) is 12.5. The van der Waals surface area contributed by atoms with Crippen molar-refractivity contribution in [1.29, 1.82) is 0 Å². The minimum absolute atomic E-state index is 0.0406. The Morgan fingerprint density at radius 2 is 1.61 bits per heavy atom. The van der Waals surface area contributed by atoms with E-state index in [1.54, 1.807) is 0 Å². The van der Waals surface area contributed by atoms with E-state index in [1.165, 1.54) is 31.2 Å². The molecule has 0 spiro atoms. The van der Waals surface area contributed by atoms with E-state index in [2.05, 4.69) is 10.6 Å². The molecule has 2 aromatic carbocycles. The van der Waals surface area contributed by atoms with Gasteiger partial charge in [0.25, 0.3) is 0 Å². The molecule has 1 amide bonds. The smallest absolute Gasteiger partial charge is 0.217 e. The fraction of sp³-hybridized carbons (Fsp3) is 0.536. The van der Waals surface area contributed by atoms with Gasteiger partial charge in [0.2, 0.25) is 5.91 Å². The molecule has 1 aliphatic carbocycles. The third kappa shape index (κ3) is 7.08. The van der Waals surface area contributed by atoms with Crippen molar-refractivity contribution in [3.63, 3.8) is 0 Å². The average molecular weight is 507 g/mol. The highest BCUT2D eigenvalue weighted by molar-refractivity contribution is 5.73. The van der Waals surface area contributed by atoms with Crippen molar-refractivity contribution in [2.24, 2.45) is 0 Å². The minimum Gasteiger partial charge on any atom is -0.395 e. The van der Waals surface area contributed by atoms with E-state index in [0.717, 1.165) is 43.7 Å². The van der Waals surface area contributed by atoms with Crippen LogP contribution < -0.4 is 10.6 Å². The molecule has 2 aromatic rings. The van der Waals surface area contributed by atoms with Gasteiger partial charge >= 0.3 is 0 Å². The number of aliphatic hydroxyl groups excluding tert-OH is 2. The largest absolute Gasteiger partial charge is 0.395 e. The topological polar surface area (TPSA) is 81.6 Å². The van der Waals surface area contributed by atoms with E-state index in [9.17, 15) is 28.2 Å². The molecule has 0 bridgehead atoms. The van der Waals surface area contributed by atoms with Crippen molar-refractivity contribution < 1.29 is 28.2 Å². The average Bonchev–Trinajstić information content (AvgIpc) is 2.81. The Morgan fingerprint density at radius 3 is 2.19 bits per heavy atom. The zero-order chi connectivity index (χ0) is 26.5. The van der Waals surface area contributed by atoms with Crippen molar-refractivity contribution >= 4 is 5.91 Å². The molecule has 0 heterocycles. The van der Waals surface area contributed by atoms with Crippen LogP contribution in [0.25, 0.3) is 0 Å². The van der Waals surface area contributed by atoms with Crippen LogP contribution in [0.4, 0.5) is 13.2 Å². The molecule has 36 heavy (non-hydrogen) atoms. The lowest BCUT2D eigenvalue weighted by molar-refractivity contribution is -0.120. The maximum absolute atomic E-state index is 14.7. The molecule has 4 N–H and O–H groups in total. The van der Waals surface area contributed by atoms with Gasteiger partial charge in [0.05, 0.1) is 18.8 Å². The number of rotatable bonds is 10. The van der Waals surface area contributed by atoms with E-state index >= 15 is 0 Å². The minimum atomic E-state index is -1.07. The predicted octanol–water partition coefficient (Wildman–Crippen LogP) is 4.23. The van der Waals surface area contributed by atoms with Crippen molar-refractivity contribution in [1.82, 2.24) is 10.6 Å². The first-order valence-electron chi connectivity index (χ1n) is 12.5. The highest BCUT2D eigenvalue weighted by atomic mass is 19.1. The second-order valence-corrected chi connectivity index (χ2v) is 10.7. The number of carbonyl (C=O) groups excluding carboxylic acids is 1. The van der Waals surface area contributed by atoms with Gasteiger partial charge in [0.15, 0.2) is 0 Å².